The van der Waals surface area contributed by atoms with Gasteiger partial charge in [0.1, 0.15) is 0 Å². The summed E-state index contributed by atoms with van der Waals surface area (Å²) in [4.78, 5) is 14.7. The Hall–Kier alpha value is -0.610. The van der Waals surface area contributed by atoms with Crippen LogP contribution in [-0.4, -0.2) is 49.7 Å². The minimum Gasteiger partial charge on any atom is -0.379 e. The molecule has 108 valence electrons. The third-order valence-electron chi connectivity index (χ3n) is 5.10. The van der Waals surface area contributed by atoms with Gasteiger partial charge in [-0.15, -0.1) is 0 Å². The van der Waals surface area contributed by atoms with Crippen LogP contribution in [0.15, 0.2) is 0 Å². The molecule has 2 saturated heterocycles. The van der Waals surface area contributed by atoms with Crippen LogP contribution in [0.5, 0.6) is 0 Å². The maximum absolute atomic E-state index is 12.0. The van der Waals surface area contributed by atoms with E-state index in [1.54, 1.807) is 0 Å². The summed E-state index contributed by atoms with van der Waals surface area (Å²) >= 11 is 0. The number of amides is 1. The Bertz CT molecular complexity index is 335. The van der Waals surface area contributed by atoms with Crippen LogP contribution in [0.2, 0.25) is 0 Å². The SMILES string of the molecule is CC1(C(=O)NC[C@H]2CCN(C3CCCC3)C2)COC1. The van der Waals surface area contributed by atoms with Crippen molar-refractivity contribution in [1.82, 2.24) is 10.2 Å². The summed E-state index contributed by atoms with van der Waals surface area (Å²) in [6.07, 6.45) is 6.81. The maximum atomic E-state index is 12.0. The first-order valence-corrected chi connectivity index (χ1v) is 7.77. The summed E-state index contributed by atoms with van der Waals surface area (Å²) in [5.41, 5.74) is -0.260. The van der Waals surface area contributed by atoms with Gasteiger partial charge in [-0.25, -0.2) is 0 Å². The van der Waals surface area contributed by atoms with E-state index in [0.717, 1.165) is 12.6 Å². The molecule has 3 fully saturated rings. The van der Waals surface area contributed by atoms with Crippen molar-refractivity contribution in [3.63, 3.8) is 0 Å². The van der Waals surface area contributed by atoms with E-state index in [-0.39, 0.29) is 11.3 Å². The van der Waals surface area contributed by atoms with Gasteiger partial charge in [-0.3, -0.25) is 4.79 Å². The number of hydrogen-bond donors (Lipinski definition) is 1. The van der Waals surface area contributed by atoms with Gasteiger partial charge in [0, 0.05) is 19.1 Å². The first-order valence-electron chi connectivity index (χ1n) is 7.77. The fraction of sp³-hybridized carbons (Fsp3) is 0.933. The zero-order valence-corrected chi connectivity index (χ0v) is 12.0. The molecule has 2 heterocycles. The lowest BCUT2D eigenvalue weighted by Crippen LogP contribution is -2.52. The van der Waals surface area contributed by atoms with Crippen molar-refractivity contribution < 1.29 is 9.53 Å². The standard InChI is InChI=1S/C15H26N2O2/c1-15(10-19-11-15)14(18)16-8-12-6-7-17(9-12)13-4-2-3-5-13/h12-13H,2-11H2,1H3,(H,16,18)/t12-/m1/s1. The molecule has 4 heteroatoms. The van der Waals surface area contributed by atoms with Crippen LogP contribution in [0, 0.1) is 11.3 Å². The molecule has 4 nitrogen and oxygen atoms in total. The quantitative estimate of drug-likeness (QED) is 0.836. The lowest BCUT2D eigenvalue weighted by molar-refractivity contribution is -0.157. The fourth-order valence-electron chi connectivity index (χ4n) is 3.62. The van der Waals surface area contributed by atoms with Crippen LogP contribution in [0.1, 0.15) is 39.0 Å². The third kappa shape index (κ3) is 2.79. The maximum Gasteiger partial charge on any atom is 0.230 e. The number of carbonyl (C=O) groups excluding carboxylic acids is 1. The van der Waals surface area contributed by atoms with Gasteiger partial charge in [-0.05, 0) is 38.6 Å². The number of rotatable bonds is 4. The molecule has 0 bridgehead atoms. The molecular weight excluding hydrogens is 240 g/mol. The van der Waals surface area contributed by atoms with Gasteiger partial charge in [-0.1, -0.05) is 12.8 Å². The van der Waals surface area contributed by atoms with Crippen LogP contribution < -0.4 is 5.32 Å². The Morgan fingerprint density at radius 3 is 2.68 bits per heavy atom. The summed E-state index contributed by atoms with van der Waals surface area (Å²) in [5, 5.41) is 3.13. The Morgan fingerprint density at radius 2 is 2.05 bits per heavy atom. The smallest absolute Gasteiger partial charge is 0.230 e. The molecule has 3 rings (SSSR count). The summed E-state index contributed by atoms with van der Waals surface area (Å²) in [7, 11) is 0. The molecule has 0 unspecified atom stereocenters. The summed E-state index contributed by atoms with van der Waals surface area (Å²) < 4.78 is 5.15. The summed E-state index contributed by atoms with van der Waals surface area (Å²) in [6.45, 7) is 6.40. The Labute approximate surface area is 115 Å². The molecule has 1 aliphatic carbocycles. The second-order valence-electron chi connectivity index (χ2n) is 6.85. The number of nitrogens with one attached hydrogen (secondary N) is 1. The van der Waals surface area contributed by atoms with Crippen LogP contribution >= 0.6 is 0 Å². The number of hydrogen-bond acceptors (Lipinski definition) is 3. The van der Waals surface area contributed by atoms with E-state index in [1.807, 2.05) is 6.92 Å². The Morgan fingerprint density at radius 1 is 1.32 bits per heavy atom. The average Bonchev–Trinajstić information content (AvgIpc) is 3.02. The van der Waals surface area contributed by atoms with Gasteiger partial charge < -0.3 is 15.0 Å². The lowest BCUT2D eigenvalue weighted by atomic mass is 9.87. The van der Waals surface area contributed by atoms with E-state index in [2.05, 4.69) is 10.2 Å². The molecular formula is C15H26N2O2. The lowest BCUT2D eigenvalue weighted by Gasteiger charge is -2.36. The van der Waals surface area contributed by atoms with E-state index in [4.69, 9.17) is 4.74 Å². The van der Waals surface area contributed by atoms with E-state index >= 15 is 0 Å². The molecule has 0 aromatic heterocycles. The highest BCUT2D eigenvalue weighted by molar-refractivity contribution is 5.83. The second kappa shape index (κ2) is 5.41. The number of ether oxygens (including phenoxy) is 1. The predicted octanol–water partition coefficient (Wildman–Crippen LogP) is 1.40. The minimum atomic E-state index is -0.260. The fourth-order valence-corrected chi connectivity index (χ4v) is 3.62. The molecule has 0 radical (unpaired) electrons. The van der Waals surface area contributed by atoms with Crippen molar-refractivity contribution in [3.8, 4) is 0 Å². The number of nitrogens with zero attached hydrogens (tertiary/aromatic N) is 1. The normalized spacial score (nSPS) is 31.3. The van der Waals surface area contributed by atoms with Crippen molar-refractivity contribution in [2.75, 3.05) is 32.8 Å². The first kappa shape index (κ1) is 13.4. The van der Waals surface area contributed by atoms with Gasteiger partial charge in [0.25, 0.3) is 0 Å². The van der Waals surface area contributed by atoms with E-state index in [9.17, 15) is 4.79 Å². The predicted molar refractivity (Wildman–Crippen MR) is 73.9 cm³/mol. The zero-order valence-electron chi connectivity index (χ0n) is 12.0. The molecule has 0 spiro atoms. The molecule has 1 atom stereocenters. The van der Waals surface area contributed by atoms with Gasteiger partial charge in [0.05, 0.1) is 18.6 Å². The van der Waals surface area contributed by atoms with Crippen molar-refractivity contribution >= 4 is 5.91 Å². The Balaban J connectivity index is 1.40. The largest absolute Gasteiger partial charge is 0.379 e. The molecule has 2 aliphatic heterocycles. The van der Waals surface area contributed by atoms with E-state index < -0.39 is 0 Å². The van der Waals surface area contributed by atoms with Gasteiger partial charge in [-0.2, -0.15) is 0 Å². The molecule has 1 N–H and O–H groups in total. The van der Waals surface area contributed by atoms with Gasteiger partial charge in [0.2, 0.25) is 5.91 Å². The van der Waals surface area contributed by atoms with Crippen LogP contribution in [0.3, 0.4) is 0 Å². The monoisotopic (exact) mass is 266 g/mol. The zero-order chi connectivity index (χ0) is 13.3. The summed E-state index contributed by atoms with van der Waals surface area (Å²) in [6, 6.07) is 0.832. The first-order chi connectivity index (χ1) is 9.17. The topological polar surface area (TPSA) is 41.6 Å². The van der Waals surface area contributed by atoms with E-state index in [1.165, 1.54) is 45.2 Å². The highest BCUT2D eigenvalue weighted by Crippen LogP contribution is 2.29. The average molecular weight is 266 g/mol. The van der Waals surface area contributed by atoms with Crippen LogP contribution in [-0.2, 0) is 9.53 Å². The molecule has 0 aromatic rings. The van der Waals surface area contributed by atoms with Crippen molar-refractivity contribution in [2.24, 2.45) is 11.3 Å². The molecule has 1 amide bonds. The Kier molecular flexibility index (Phi) is 3.81. The molecule has 19 heavy (non-hydrogen) atoms. The molecule has 0 aromatic carbocycles. The highest BCUT2D eigenvalue weighted by Gasteiger charge is 2.41. The number of carbonyl (C=O) groups is 1. The minimum absolute atomic E-state index is 0.179. The second-order valence-corrected chi connectivity index (χ2v) is 6.85. The van der Waals surface area contributed by atoms with Gasteiger partial charge >= 0.3 is 0 Å². The van der Waals surface area contributed by atoms with Crippen LogP contribution in [0.25, 0.3) is 0 Å². The van der Waals surface area contributed by atoms with Gasteiger partial charge in [0.15, 0.2) is 0 Å². The van der Waals surface area contributed by atoms with Crippen molar-refractivity contribution in [1.29, 1.82) is 0 Å². The van der Waals surface area contributed by atoms with Crippen molar-refractivity contribution in [2.45, 2.75) is 45.1 Å². The van der Waals surface area contributed by atoms with Crippen molar-refractivity contribution in [3.05, 3.63) is 0 Å². The third-order valence-corrected chi connectivity index (χ3v) is 5.10. The molecule has 1 saturated carbocycles. The highest BCUT2D eigenvalue weighted by atomic mass is 16.5. The molecule has 3 aliphatic rings. The summed E-state index contributed by atoms with van der Waals surface area (Å²) in [5.74, 6) is 0.826. The number of likely N-dealkylation sites (tertiary alicyclic amines) is 1. The van der Waals surface area contributed by atoms with E-state index in [0.29, 0.717) is 19.1 Å². The van der Waals surface area contributed by atoms with Crippen LogP contribution in [0.4, 0.5) is 0 Å².